The second kappa shape index (κ2) is 6.47. The summed E-state index contributed by atoms with van der Waals surface area (Å²) in [5.41, 5.74) is 7.72. The van der Waals surface area contributed by atoms with Crippen LogP contribution in [0.4, 0.5) is 5.69 Å². The van der Waals surface area contributed by atoms with E-state index in [1.807, 2.05) is 6.92 Å². The fourth-order valence-corrected chi connectivity index (χ4v) is 3.05. The third-order valence-electron chi connectivity index (χ3n) is 3.72. The molecule has 0 saturated carbocycles. The van der Waals surface area contributed by atoms with Crippen LogP contribution in [-0.4, -0.2) is 36.0 Å². The van der Waals surface area contributed by atoms with Gasteiger partial charge >= 0.3 is 5.97 Å². The number of halogens is 1. The van der Waals surface area contributed by atoms with Crippen LogP contribution in [0.15, 0.2) is 16.6 Å². The maximum atomic E-state index is 12.7. The van der Waals surface area contributed by atoms with Gasteiger partial charge in [-0.2, -0.15) is 0 Å². The summed E-state index contributed by atoms with van der Waals surface area (Å²) < 4.78 is 5.80. The van der Waals surface area contributed by atoms with Crippen molar-refractivity contribution in [1.82, 2.24) is 4.90 Å². The lowest BCUT2D eigenvalue weighted by atomic mass is 10.1. The SMILES string of the molecule is CCOC(=O)C1CCCN1C(=O)c1cc(Br)cc(N)c1C. The van der Waals surface area contributed by atoms with Gasteiger partial charge in [-0.1, -0.05) is 15.9 Å². The number of anilines is 1. The smallest absolute Gasteiger partial charge is 0.328 e. The van der Waals surface area contributed by atoms with Gasteiger partial charge in [-0.25, -0.2) is 4.79 Å². The molecule has 21 heavy (non-hydrogen) atoms. The number of likely N-dealkylation sites (tertiary alicyclic amines) is 1. The Morgan fingerprint density at radius 3 is 2.86 bits per heavy atom. The van der Waals surface area contributed by atoms with E-state index in [2.05, 4.69) is 15.9 Å². The molecule has 1 amide bonds. The Morgan fingerprint density at radius 2 is 2.19 bits per heavy atom. The van der Waals surface area contributed by atoms with Crippen LogP contribution in [-0.2, 0) is 9.53 Å². The molecule has 0 spiro atoms. The van der Waals surface area contributed by atoms with Gasteiger partial charge in [-0.05, 0) is 44.4 Å². The lowest BCUT2D eigenvalue weighted by Crippen LogP contribution is -2.41. The molecule has 2 N–H and O–H groups in total. The van der Waals surface area contributed by atoms with Crippen molar-refractivity contribution in [2.75, 3.05) is 18.9 Å². The first-order valence-corrected chi connectivity index (χ1v) is 7.78. The van der Waals surface area contributed by atoms with E-state index in [1.54, 1.807) is 24.0 Å². The van der Waals surface area contributed by atoms with E-state index in [9.17, 15) is 9.59 Å². The number of nitrogens with zero attached hydrogens (tertiary/aromatic N) is 1. The molecule has 0 aromatic heterocycles. The van der Waals surface area contributed by atoms with Crippen molar-refractivity contribution < 1.29 is 14.3 Å². The number of rotatable bonds is 3. The summed E-state index contributed by atoms with van der Waals surface area (Å²) in [6.45, 7) is 4.46. The van der Waals surface area contributed by atoms with Gasteiger partial charge in [-0.3, -0.25) is 4.79 Å². The molecule has 1 aliphatic heterocycles. The minimum Gasteiger partial charge on any atom is -0.464 e. The number of hydrogen-bond donors (Lipinski definition) is 1. The molecule has 5 nitrogen and oxygen atoms in total. The number of benzene rings is 1. The van der Waals surface area contributed by atoms with E-state index in [1.165, 1.54) is 0 Å². The molecule has 1 saturated heterocycles. The van der Waals surface area contributed by atoms with Crippen molar-refractivity contribution in [2.45, 2.75) is 32.7 Å². The molecule has 1 aromatic rings. The predicted molar refractivity (Wildman–Crippen MR) is 84.0 cm³/mol. The van der Waals surface area contributed by atoms with Crippen LogP contribution in [0.2, 0.25) is 0 Å². The summed E-state index contributed by atoms with van der Waals surface area (Å²) in [4.78, 5) is 26.3. The fourth-order valence-electron chi connectivity index (χ4n) is 2.57. The summed E-state index contributed by atoms with van der Waals surface area (Å²) >= 11 is 3.35. The highest BCUT2D eigenvalue weighted by Gasteiger charge is 2.36. The molecule has 1 aromatic carbocycles. The zero-order valence-corrected chi connectivity index (χ0v) is 13.8. The second-order valence-electron chi connectivity index (χ2n) is 5.08. The molecule has 2 rings (SSSR count). The van der Waals surface area contributed by atoms with E-state index in [0.29, 0.717) is 30.8 Å². The average molecular weight is 355 g/mol. The molecule has 0 radical (unpaired) electrons. The Hall–Kier alpha value is -1.56. The van der Waals surface area contributed by atoms with E-state index >= 15 is 0 Å². The largest absolute Gasteiger partial charge is 0.464 e. The van der Waals surface area contributed by atoms with Gasteiger partial charge in [-0.15, -0.1) is 0 Å². The number of esters is 1. The molecule has 1 unspecified atom stereocenters. The molecular formula is C15H19BrN2O3. The van der Waals surface area contributed by atoms with Gasteiger partial charge in [0.2, 0.25) is 0 Å². The van der Waals surface area contributed by atoms with Gasteiger partial charge in [0.25, 0.3) is 5.91 Å². The number of hydrogen-bond acceptors (Lipinski definition) is 4. The highest BCUT2D eigenvalue weighted by atomic mass is 79.9. The molecule has 1 fully saturated rings. The number of ether oxygens (including phenoxy) is 1. The molecule has 1 atom stereocenters. The topological polar surface area (TPSA) is 72.6 Å². The molecule has 0 bridgehead atoms. The zero-order valence-electron chi connectivity index (χ0n) is 12.2. The van der Waals surface area contributed by atoms with Gasteiger partial charge < -0.3 is 15.4 Å². The van der Waals surface area contributed by atoms with Crippen molar-refractivity contribution in [3.63, 3.8) is 0 Å². The molecule has 6 heteroatoms. The maximum absolute atomic E-state index is 12.7. The van der Waals surface area contributed by atoms with Gasteiger partial charge in [0.05, 0.1) is 6.61 Å². The normalized spacial score (nSPS) is 17.9. The van der Waals surface area contributed by atoms with Crippen LogP contribution in [0.5, 0.6) is 0 Å². The van der Waals surface area contributed by atoms with E-state index in [0.717, 1.165) is 16.5 Å². The predicted octanol–water partition coefficient (Wildman–Crippen LogP) is 2.51. The summed E-state index contributed by atoms with van der Waals surface area (Å²) in [7, 11) is 0. The van der Waals surface area contributed by atoms with Crippen molar-refractivity contribution in [2.24, 2.45) is 0 Å². The Balaban J connectivity index is 2.29. The maximum Gasteiger partial charge on any atom is 0.328 e. The molecule has 1 heterocycles. The first-order chi connectivity index (χ1) is 9.95. The van der Waals surface area contributed by atoms with E-state index in [4.69, 9.17) is 10.5 Å². The Bertz CT molecular complexity index is 574. The number of nitrogens with two attached hydrogens (primary N) is 1. The molecular weight excluding hydrogens is 336 g/mol. The van der Waals surface area contributed by atoms with E-state index < -0.39 is 6.04 Å². The van der Waals surface area contributed by atoms with Crippen molar-refractivity contribution in [3.8, 4) is 0 Å². The average Bonchev–Trinajstić information content (AvgIpc) is 2.91. The Kier molecular flexibility index (Phi) is 4.88. The van der Waals surface area contributed by atoms with Crippen LogP contribution in [0.3, 0.4) is 0 Å². The number of amides is 1. The summed E-state index contributed by atoms with van der Waals surface area (Å²) in [6.07, 6.45) is 1.45. The van der Waals surface area contributed by atoms with Crippen LogP contribution in [0.1, 0.15) is 35.7 Å². The highest BCUT2D eigenvalue weighted by molar-refractivity contribution is 9.10. The van der Waals surface area contributed by atoms with Crippen LogP contribution >= 0.6 is 15.9 Å². The number of carbonyl (C=O) groups excluding carboxylic acids is 2. The summed E-state index contributed by atoms with van der Waals surface area (Å²) in [6, 6.07) is 3.02. The third-order valence-corrected chi connectivity index (χ3v) is 4.17. The lowest BCUT2D eigenvalue weighted by molar-refractivity contribution is -0.147. The first kappa shape index (κ1) is 15.8. The van der Waals surface area contributed by atoms with E-state index in [-0.39, 0.29) is 11.9 Å². The zero-order chi connectivity index (χ0) is 15.6. The summed E-state index contributed by atoms with van der Waals surface area (Å²) in [5.74, 6) is -0.500. The molecule has 114 valence electrons. The van der Waals surface area contributed by atoms with Crippen molar-refractivity contribution in [1.29, 1.82) is 0 Å². The summed E-state index contributed by atoms with van der Waals surface area (Å²) in [5, 5.41) is 0. The number of carbonyl (C=O) groups is 2. The Labute approximate surface area is 132 Å². The van der Waals surface area contributed by atoms with Gasteiger partial charge in [0.15, 0.2) is 0 Å². The monoisotopic (exact) mass is 354 g/mol. The highest BCUT2D eigenvalue weighted by Crippen LogP contribution is 2.27. The number of nitrogen functional groups attached to an aromatic ring is 1. The quantitative estimate of drug-likeness (QED) is 0.668. The second-order valence-corrected chi connectivity index (χ2v) is 5.99. The Morgan fingerprint density at radius 1 is 1.48 bits per heavy atom. The van der Waals surface area contributed by atoms with Gasteiger partial charge in [0.1, 0.15) is 6.04 Å². The van der Waals surface area contributed by atoms with Crippen LogP contribution < -0.4 is 5.73 Å². The van der Waals surface area contributed by atoms with Gasteiger partial charge in [0, 0.05) is 22.3 Å². The lowest BCUT2D eigenvalue weighted by Gasteiger charge is -2.24. The minimum atomic E-state index is -0.489. The molecule has 1 aliphatic rings. The third kappa shape index (κ3) is 3.20. The first-order valence-electron chi connectivity index (χ1n) is 6.99. The molecule has 0 aliphatic carbocycles. The standard InChI is InChI=1S/C15H19BrN2O3/c1-3-21-15(20)13-5-4-6-18(13)14(19)11-7-10(16)8-12(17)9(11)2/h7-8,13H,3-6,17H2,1-2H3. The van der Waals surface area contributed by atoms with Crippen molar-refractivity contribution in [3.05, 3.63) is 27.7 Å². The van der Waals surface area contributed by atoms with Crippen molar-refractivity contribution >= 4 is 33.5 Å². The fraction of sp³-hybridized carbons (Fsp3) is 0.467. The van der Waals surface area contributed by atoms with Crippen LogP contribution in [0, 0.1) is 6.92 Å². The minimum absolute atomic E-state index is 0.170. The van der Waals surface area contributed by atoms with Crippen LogP contribution in [0.25, 0.3) is 0 Å².